The number of aliphatic imine (C=N–C) groups is 1. The number of anilines is 1. The molecule has 4 aliphatic rings. The van der Waals surface area contributed by atoms with Gasteiger partial charge in [0.1, 0.15) is 19.0 Å². The van der Waals surface area contributed by atoms with Gasteiger partial charge in [-0.25, -0.2) is 14.4 Å². The topological polar surface area (TPSA) is 350 Å². The molecule has 5 N–H and O–H groups in total. The maximum Gasteiger partial charge on any atom is 0.416 e. The number of likely N-dealkylation sites (N-methyl/N-ethyl adjacent to an activating group) is 1. The molecule has 1 saturated carbocycles. The number of esters is 5. The van der Waals surface area contributed by atoms with E-state index in [9.17, 15) is 62.5 Å². The number of hydrogen-bond acceptors (Lipinski definition) is 25. The summed E-state index contributed by atoms with van der Waals surface area (Å²) < 4.78 is 82.7. The van der Waals surface area contributed by atoms with Crippen LogP contribution in [0.2, 0.25) is 0 Å². The first-order chi connectivity index (χ1) is 43.2. The van der Waals surface area contributed by atoms with Crippen molar-refractivity contribution in [2.24, 2.45) is 4.99 Å². The van der Waals surface area contributed by atoms with E-state index in [1.807, 2.05) is 14.1 Å². The van der Waals surface area contributed by atoms with Gasteiger partial charge in [0.2, 0.25) is 0 Å². The van der Waals surface area contributed by atoms with Crippen LogP contribution >= 0.6 is 12.2 Å². The van der Waals surface area contributed by atoms with Crippen molar-refractivity contribution in [3.05, 3.63) is 103 Å². The lowest BCUT2D eigenvalue weighted by Gasteiger charge is -2.37. The number of cyclic esters (lactones) is 2. The molecule has 6 rings (SSSR count). The van der Waals surface area contributed by atoms with Gasteiger partial charge in [-0.05, 0) is 127 Å². The number of aliphatic hydroxyl groups is 2. The van der Waals surface area contributed by atoms with Crippen LogP contribution in [0.4, 0.5) is 24.5 Å². The summed E-state index contributed by atoms with van der Waals surface area (Å²) in [5.74, 6) is -1.53. The third-order valence-corrected chi connectivity index (χ3v) is 14.1. The van der Waals surface area contributed by atoms with Crippen LogP contribution < -0.4 is 25.4 Å². The molecule has 0 radical (unpaired) electrons. The van der Waals surface area contributed by atoms with Crippen molar-refractivity contribution in [1.82, 2.24) is 20.4 Å². The van der Waals surface area contributed by atoms with Gasteiger partial charge in [-0.2, -0.15) is 13.2 Å². The summed E-state index contributed by atoms with van der Waals surface area (Å²) in [5.41, 5.74) is -0.290. The minimum Gasteiger partial charge on any atom is -0.497 e. The molecule has 1 aliphatic carbocycles. The lowest BCUT2D eigenvalue weighted by Crippen LogP contribution is -2.52. The number of alkyl halides is 3. The Hall–Kier alpha value is -8.20. The first kappa shape index (κ1) is 77.0. The van der Waals surface area contributed by atoms with Crippen molar-refractivity contribution in [1.29, 1.82) is 0 Å². The molecule has 0 spiro atoms. The number of methoxy groups -OCH3 is 4. The van der Waals surface area contributed by atoms with Gasteiger partial charge < -0.3 is 78.6 Å². The summed E-state index contributed by atoms with van der Waals surface area (Å²) >= 11 is 5.31. The molecule has 2 saturated heterocycles. The molecule has 5 unspecified atom stereocenters. The molecule has 91 heavy (non-hydrogen) atoms. The molecule has 32 heteroatoms. The zero-order valence-corrected chi connectivity index (χ0v) is 53.1. The lowest BCUT2D eigenvalue weighted by molar-refractivity contribution is -0.421. The fraction of sp³-hybridized carbons (Fsp3) is 0.576. The van der Waals surface area contributed by atoms with Gasteiger partial charge in [0, 0.05) is 56.8 Å². The summed E-state index contributed by atoms with van der Waals surface area (Å²) in [7, 11) is 9.29. The van der Waals surface area contributed by atoms with Gasteiger partial charge >= 0.3 is 36.0 Å². The molecule has 506 valence electrons. The molecule has 0 amide bonds. The van der Waals surface area contributed by atoms with Crippen LogP contribution in [-0.4, -0.2) is 190 Å². The second-order valence-corrected chi connectivity index (χ2v) is 21.2. The SMILES string of the molecule is C1CN=C2NCCCN2C1.C=C(COC(=O)CCCC(OC(O)CO)C(=O)OC)/C(=C\C(=C\C)OC)[N+](=O)[O-].COc1cc(COC(=O)CCCC2OC(=O)COC2=O)c([N+](=O)[O-])cc1OC.Cc1cc(NC(=S)NC2CCCCC2N(C)C)cc(C(F)(F)F)c1. The van der Waals surface area contributed by atoms with E-state index in [1.54, 1.807) is 19.9 Å². The summed E-state index contributed by atoms with van der Waals surface area (Å²) in [6, 6.07) is 7.01. The van der Waals surface area contributed by atoms with Crippen molar-refractivity contribution < 1.29 is 99.8 Å². The van der Waals surface area contributed by atoms with Gasteiger partial charge in [-0.15, -0.1) is 0 Å². The number of thiocarbonyl (C=S) groups is 1. The number of nitro groups is 2. The molecule has 5 atom stereocenters. The third-order valence-electron chi connectivity index (χ3n) is 13.8. The quantitative estimate of drug-likeness (QED) is 0.0100. The second kappa shape index (κ2) is 39.8. The van der Waals surface area contributed by atoms with E-state index in [0.717, 1.165) is 57.6 Å². The Morgan fingerprint density at radius 3 is 2.25 bits per heavy atom. The summed E-state index contributed by atoms with van der Waals surface area (Å²) in [5, 5.41) is 50.3. The Bertz CT molecular complexity index is 2890. The maximum atomic E-state index is 12.9. The highest BCUT2D eigenvalue weighted by atomic mass is 32.1. The second-order valence-electron chi connectivity index (χ2n) is 20.8. The molecule has 3 heterocycles. The number of ether oxygens (including phenoxy) is 9. The van der Waals surface area contributed by atoms with Crippen molar-refractivity contribution in [3.8, 4) is 11.5 Å². The highest BCUT2D eigenvalue weighted by Gasteiger charge is 2.33. The fourth-order valence-corrected chi connectivity index (χ4v) is 9.56. The zero-order chi connectivity index (χ0) is 67.8. The first-order valence-corrected chi connectivity index (χ1v) is 29.4. The molecule has 0 bridgehead atoms. The van der Waals surface area contributed by atoms with Crippen molar-refractivity contribution in [2.75, 3.05) is 93.9 Å². The largest absolute Gasteiger partial charge is 0.497 e. The third kappa shape index (κ3) is 27.4. The Morgan fingerprint density at radius 2 is 1.64 bits per heavy atom. The Morgan fingerprint density at radius 1 is 0.967 bits per heavy atom. The summed E-state index contributed by atoms with van der Waals surface area (Å²) in [4.78, 5) is 87.8. The number of aliphatic hydroxyl groups excluding tert-OH is 2. The average molecular weight is 1310 g/mol. The average Bonchev–Trinajstić information content (AvgIpc) is 3.27. The van der Waals surface area contributed by atoms with Gasteiger partial charge in [0.15, 0.2) is 47.7 Å². The van der Waals surface area contributed by atoms with E-state index in [2.05, 4.69) is 46.8 Å². The van der Waals surface area contributed by atoms with Crippen LogP contribution in [-0.2, 0) is 69.9 Å². The number of aryl methyl sites for hydroxylation is 1. The minimum atomic E-state index is -4.36. The zero-order valence-electron chi connectivity index (χ0n) is 52.3. The van der Waals surface area contributed by atoms with Crippen molar-refractivity contribution >= 4 is 64.5 Å². The van der Waals surface area contributed by atoms with Crippen LogP contribution in [0.25, 0.3) is 0 Å². The smallest absolute Gasteiger partial charge is 0.416 e. The molecular weight excluding hydrogens is 1230 g/mol. The highest BCUT2D eigenvalue weighted by molar-refractivity contribution is 7.80. The Kier molecular flexibility index (Phi) is 33.7. The van der Waals surface area contributed by atoms with Crippen molar-refractivity contribution in [3.63, 3.8) is 0 Å². The fourth-order valence-electron chi connectivity index (χ4n) is 9.29. The lowest BCUT2D eigenvalue weighted by atomic mass is 9.90. The van der Waals surface area contributed by atoms with E-state index in [1.165, 1.54) is 78.0 Å². The van der Waals surface area contributed by atoms with Gasteiger partial charge in [-0.1, -0.05) is 19.4 Å². The van der Waals surface area contributed by atoms with Crippen LogP contribution in [0.15, 0.2) is 71.1 Å². The van der Waals surface area contributed by atoms with E-state index >= 15 is 0 Å². The molecular formula is C59H83F3N8O20S. The minimum absolute atomic E-state index is 0.0261. The van der Waals surface area contributed by atoms with Crippen LogP contribution in [0.1, 0.15) is 101 Å². The first-order valence-electron chi connectivity index (χ1n) is 29.0. The van der Waals surface area contributed by atoms with E-state index < -0.39 is 89.8 Å². The summed E-state index contributed by atoms with van der Waals surface area (Å²) in [6.45, 7) is 9.49. The number of benzene rings is 2. The molecule has 2 aromatic rings. The molecule has 3 fully saturated rings. The van der Waals surface area contributed by atoms with Crippen LogP contribution in [0.3, 0.4) is 0 Å². The predicted molar refractivity (Wildman–Crippen MR) is 327 cm³/mol. The van der Waals surface area contributed by atoms with Gasteiger partial charge in [-0.3, -0.25) is 34.8 Å². The Labute approximate surface area is 530 Å². The number of nitrogens with zero attached hydrogens (tertiary/aromatic N) is 5. The van der Waals surface area contributed by atoms with E-state index in [0.29, 0.717) is 22.4 Å². The highest BCUT2D eigenvalue weighted by Crippen LogP contribution is 2.35. The normalized spacial score (nSPS) is 17.8. The van der Waals surface area contributed by atoms with Crippen LogP contribution in [0.5, 0.6) is 11.5 Å². The number of fused-ring (bicyclic) bond motifs is 1. The number of carbonyl (C=O) groups excluding carboxylic acids is 5. The van der Waals surface area contributed by atoms with Crippen LogP contribution in [0, 0.1) is 27.2 Å². The monoisotopic (exact) mass is 1310 g/mol. The van der Waals surface area contributed by atoms with E-state index in [-0.39, 0.29) is 91.0 Å². The van der Waals surface area contributed by atoms with Gasteiger partial charge in [0.25, 0.3) is 11.4 Å². The van der Waals surface area contributed by atoms with Crippen molar-refractivity contribution in [2.45, 2.75) is 134 Å². The Balaban J connectivity index is 0.000000330. The molecule has 28 nitrogen and oxygen atoms in total. The molecule has 0 aromatic heterocycles. The summed E-state index contributed by atoms with van der Waals surface area (Å²) in [6.07, 6.45) is 1.78. The van der Waals surface area contributed by atoms with Gasteiger partial charge in [0.05, 0.1) is 73.7 Å². The number of nitrogens with one attached hydrogen (secondary N) is 3. The maximum absolute atomic E-state index is 12.9. The number of nitro benzene ring substituents is 1. The predicted octanol–water partition coefficient (Wildman–Crippen LogP) is 6.34. The number of hydrogen-bond donors (Lipinski definition) is 5. The molecule has 2 aromatic carbocycles. The number of halogens is 3. The number of rotatable bonds is 26. The standard InChI is InChI=1S/C18H27NO10.C17H24F3N3S.C17H19NO10.C7H13N3/c1-5-13(26-3)9-14(19(24)25)12(2)11-28-16(21)8-6-7-15(18(23)27-4)29-17(22)10-20;1-11-8-12(17(18,19)20)10-13(9-11)21-16(24)22-14-6-4-5-7-15(14)23(2)3;1-24-13-6-10(11(18(22)23)7-14(13)25-2)8-26-15(19)5-3-4-12-17(21)27-9-16(20)28-12;1-3-8-7-9-4-2-6-10(7)5-1/h5,9,15,17,20,22H,2,6-8,10-11H2,1,3-4H3;8-10,14-15H,4-7H2,1-3H3,(H2,21,22,24);6-7,12H,3-5,8-9H2,1-2H3;1-6H2,(H,8,9)/b13-5-,14-9+;;;. The number of guanidine groups is 1. The number of carbonyl (C=O) groups is 5. The molecule has 3 aliphatic heterocycles. The van der Waals surface area contributed by atoms with E-state index in [4.69, 9.17) is 50.5 Å². The number of allylic oxidation sites excluding steroid dienone is 2.